The molecule has 0 spiro atoms. The Balaban J connectivity index is 1.37. The van der Waals surface area contributed by atoms with Crippen molar-refractivity contribution in [3.63, 3.8) is 0 Å². The smallest absolute Gasteiger partial charge is 0.328 e. The average molecular weight is 506 g/mol. The lowest BCUT2D eigenvalue weighted by atomic mass is 10.1. The van der Waals surface area contributed by atoms with Crippen molar-refractivity contribution in [3.8, 4) is 0 Å². The van der Waals surface area contributed by atoms with Gasteiger partial charge in [0.25, 0.3) is 0 Å². The molecule has 2 atom stereocenters. The molecule has 0 aromatic heterocycles. The summed E-state index contributed by atoms with van der Waals surface area (Å²) < 4.78 is 60.0. The summed E-state index contributed by atoms with van der Waals surface area (Å²) in [6, 6.07) is 5.36. The van der Waals surface area contributed by atoms with Gasteiger partial charge >= 0.3 is 5.97 Å². The lowest BCUT2D eigenvalue weighted by Crippen LogP contribution is -2.44. The van der Waals surface area contributed by atoms with Crippen LogP contribution in [0.1, 0.15) is 49.7 Å². The van der Waals surface area contributed by atoms with Crippen LogP contribution in [-0.2, 0) is 32.3 Å². The van der Waals surface area contributed by atoms with Gasteiger partial charge in [-0.25, -0.2) is 22.4 Å². The molecule has 2 aliphatic rings. The normalized spacial score (nSPS) is 18.3. The molecular formula is C26H26F4N2O4. The van der Waals surface area contributed by atoms with Crippen molar-refractivity contribution in [1.29, 1.82) is 0 Å². The second-order valence-electron chi connectivity index (χ2n) is 9.32. The average Bonchev–Trinajstić information content (AvgIpc) is 3.59. The fourth-order valence-electron chi connectivity index (χ4n) is 4.38. The molecule has 1 aliphatic carbocycles. The number of likely N-dealkylation sites (tertiary alicyclic amines) is 1. The summed E-state index contributed by atoms with van der Waals surface area (Å²) in [7, 11) is 0. The van der Waals surface area contributed by atoms with Gasteiger partial charge in [0.2, 0.25) is 11.8 Å². The number of ether oxygens (including phenoxy) is 1. The van der Waals surface area contributed by atoms with Crippen LogP contribution in [0.3, 0.4) is 0 Å². The number of nitrogens with zero attached hydrogens (tertiary/aromatic N) is 1. The zero-order chi connectivity index (χ0) is 25.8. The zero-order valence-electron chi connectivity index (χ0n) is 19.4. The van der Waals surface area contributed by atoms with Crippen LogP contribution in [-0.4, -0.2) is 34.8 Å². The van der Waals surface area contributed by atoms with Crippen molar-refractivity contribution < 1.29 is 36.7 Å². The molecule has 2 amide bonds. The van der Waals surface area contributed by atoms with E-state index in [0.29, 0.717) is 24.5 Å². The van der Waals surface area contributed by atoms with Crippen LogP contribution >= 0.6 is 0 Å². The van der Waals surface area contributed by atoms with Gasteiger partial charge in [0.05, 0.1) is 0 Å². The van der Waals surface area contributed by atoms with E-state index in [2.05, 4.69) is 5.32 Å². The molecule has 0 radical (unpaired) electrons. The zero-order valence-corrected chi connectivity index (χ0v) is 19.4. The number of carbonyl (C=O) groups is 3. The largest absolute Gasteiger partial charge is 0.459 e. The summed E-state index contributed by atoms with van der Waals surface area (Å²) >= 11 is 0. The first-order chi connectivity index (χ1) is 17.2. The van der Waals surface area contributed by atoms with Gasteiger partial charge in [-0.1, -0.05) is 25.0 Å². The predicted octanol–water partition coefficient (Wildman–Crippen LogP) is 4.15. The van der Waals surface area contributed by atoms with Crippen LogP contribution in [0, 0.1) is 29.2 Å². The van der Waals surface area contributed by atoms with Crippen LogP contribution in [0.2, 0.25) is 0 Å². The fourth-order valence-corrected chi connectivity index (χ4v) is 4.38. The molecule has 36 heavy (non-hydrogen) atoms. The van der Waals surface area contributed by atoms with E-state index in [1.165, 1.54) is 23.1 Å². The van der Waals surface area contributed by atoms with Gasteiger partial charge in [0, 0.05) is 37.1 Å². The Morgan fingerprint density at radius 3 is 2.56 bits per heavy atom. The third kappa shape index (κ3) is 6.61. The number of esters is 1. The Morgan fingerprint density at radius 2 is 1.83 bits per heavy atom. The molecule has 0 unspecified atom stereocenters. The molecule has 4 rings (SSSR count). The summed E-state index contributed by atoms with van der Waals surface area (Å²) in [6.07, 6.45) is 2.52. The van der Waals surface area contributed by atoms with Crippen LogP contribution in [0.4, 0.5) is 17.6 Å². The minimum absolute atomic E-state index is 0.110. The van der Waals surface area contributed by atoms with E-state index in [1.54, 1.807) is 6.07 Å². The number of benzene rings is 2. The topological polar surface area (TPSA) is 75.7 Å². The van der Waals surface area contributed by atoms with E-state index < -0.39 is 47.2 Å². The molecule has 10 heteroatoms. The first kappa shape index (κ1) is 25.7. The molecule has 2 aromatic rings. The Labute approximate surface area is 205 Å². The van der Waals surface area contributed by atoms with Crippen molar-refractivity contribution in [2.75, 3.05) is 0 Å². The van der Waals surface area contributed by atoms with Crippen molar-refractivity contribution in [2.24, 2.45) is 5.92 Å². The van der Waals surface area contributed by atoms with Crippen molar-refractivity contribution in [1.82, 2.24) is 10.2 Å². The molecular weight excluding hydrogens is 480 g/mol. The second-order valence-corrected chi connectivity index (χ2v) is 9.32. The summed E-state index contributed by atoms with van der Waals surface area (Å²) in [5.74, 6) is -5.24. The number of nitrogens with one attached hydrogen (secondary N) is 1. The van der Waals surface area contributed by atoms with Gasteiger partial charge in [-0.3, -0.25) is 9.59 Å². The first-order valence-electron chi connectivity index (χ1n) is 11.8. The maximum absolute atomic E-state index is 14.1. The highest BCUT2D eigenvalue weighted by atomic mass is 19.2. The number of amides is 2. The maximum Gasteiger partial charge on any atom is 0.328 e. The van der Waals surface area contributed by atoms with Crippen LogP contribution in [0.25, 0.3) is 0 Å². The molecule has 2 aromatic carbocycles. The number of rotatable bonds is 10. The summed E-state index contributed by atoms with van der Waals surface area (Å²) in [6.45, 7) is -0.521. The highest BCUT2D eigenvalue weighted by molar-refractivity contribution is 5.86. The molecule has 1 N–H and O–H groups in total. The van der Waals surface area contributed by atoms with E-state index in [4.69, 9.17) is 4.74 Å². The Morgan fingerprint density at radius 1 is 1.06 bits per heavy atom. The summed E-state index contributed by atoms with van der Waals surface area (Å²) in [5.41, 5.74) is 0.154. The quantitative estimate of drug-likeness (QED) is 0.299. The van der Waals surface area contributed by atoms with Crippen LogP contribution in [0.15, 0.2) is 36.4 Å². The summed E-state index contributed by atoms with van der Waals surface area (Å²) in [4.78, 5) is 39.1. The molecule has 1 saturated carbocycles. The fraction of sp³-hybridized carbons (Fsp3) is 0.423. The third-order valence-corrected chi connectivity index (χ3v) is 6.44. The number of halogens is 4. The summed E-state index contributed by atoms with van der Waals surface area (Å²) in [5, 5.41) is 2.67. The predicted molar refractivity (Wildman–Crippen MR) is 120 cm³/mol. The van der Waals surface area contributed by atoms with Crippen molar-refractivity contribution in [2.45, 2.75) is 63.8 Å². The van der Waals surface area contributed by atoms with Gasteiger partial charge < -0.3 is 15.0 Å². The first-order valence-corrected chi connectivity index (χ1v) is 11.8. The molecule has 1 heterocycles. The minimum Gasteiger partial charge on any atom is -0.459 e. The molecule has 0 bridgehead atoms. The molecule has 192 valence electrons. The lowest BCUT2D eigenvalue weighted by molar-refractivity contribution is -0.149. The van der Waals surface area contributed by atoms with Crippen LogP contribution < -0.4 is 5.32 Å². The monoisotopic (exact) mass is 506 g/mol. The van der Waals surface area contributed by atoms with Gasteiger partial charge in [-0.15, -0.1) is 0 Å². The van der Waals surface area contributed by atoms with Crippen molar-refractivity contribution in [3.05, 3.63) is 70.8 Å². The maximum atomic E-state index is 14.1. The number of hydrogen-bond acceptors (Lipinski definition) is 4. The molecule has 1 saturated heterocycles. The molecule has 6 nitrogen and oxygen atoms in total. The van der Waals surface area contributed by atoms with E-state index >= 15 is 0 Å². The van der Waals surface area contributed by atoms with Crippen molar-refractivity contribution >= 4 is 17.8 Å². The van der Waals surface area contributed by atoms with E-state index in [0.717, 1.165) is 18.9 Å². The minimum atomic E-state index is -1.36. The van der Waals surface area contributed by atoms with Gasteiger partial charge in [0.1, 0.15) is 24.3 Å². The van der Waals surface area contributed by atoms with E-state index in [1.807, 2.05) is 0 Å². The van der Waals surface area contributed by atoms with Gasteiger partial charge in [0.15, 0.2) is 11.6 Å². The van der Waals surface area contributed by atoms with Gasteiger partial charge in [-0.05, 0) is 42.5 Å². The Hall–Kier alpha value is -3.43. The standard InChI is InChI=1S/C26H26F4N2O4/c27-18-3-1-2-16(8-18)14-36-26(35)22(9-15-4-5-15)31-23(33)12-20-6-7-24(34)32(20)13-17-10-19(28)11-21(29)25(17)30/h1-3,8,10-11,15,20,22H,4-7,9,12-14H2,(H,31,33)/t20-,22-/m0/s1. The van der Waals surface area contributed by atoms with Crippen LogP contribution in [0.5, 0.6) is 0 Å². The lowest BCUT2D eigenvalue weighted by Gasteiger charge is -2.26. The Bertz CT molecular complexity index is 1150. The SMILES string of the molecule is O=C(C[C@@H]1CCC(=O)N1Cc1cc(F)cc(F)c1F)N[C@@H](CC1CC1)C(=O)OCc1cccc(F)c1. The Kier molecular flexibility index (Phi) is 7.91. The van der Waals surface area contributed by atoms with Gasteiger partial charge in [-0.2, -0.15) is 0 Å². The molecule has 2 fully saturated rings. The van der Waals surface area contributed by atoms with E-state index in [9.17, 15) is 31.9 Å². The third-order valence-electron chi connectivity index (χ3n) is 6.44. The second kappa shape index (κ2) is 11.1. The number of hydrogen-bond donors (Lipinski definition) is 1. The number of carbonyl (C=O) groups excluding carboxylic acids is 3. The van der Waals surface area contributed by atoms with E-state index in [-0.39, 0.29) is 43.4 Å². The highest BCUT2D eigenvalue weighted by Crippen LogP contribution is 2.34. The highest BCUT2D eigenvalue weighted by Gasteiger charge is 2.36. The molecule has 1 aliphatic heterocycles.